The van der Waals surface area contributed by atoms with E-state index < -0.39 is 0 Å². The minimum Gasteiger partial charge on any atom is -0.464 e. The third kappa shape index (κ3) is 4.71. The fourth-order valence-corrected chi connectivity index (χ4v) is 2.52. The Morgan fingerprint density at radius 2 is 2.06 bits per heavy atom. The average Bonchev–Trinajstić information content (AvgIpc) is 2.53. The number of carbonyl (C=O) groups excluding carboxylic acids is 1. The highest BCUT2D eigenvalue weighted by molar-refractivity contribution is 9.14. The monoisotopic (exact) mass is 430 g/mol. The molecule has 7 heteroatoms. The maximum Gasteiger partial charge on any atom is 0.327 e. The summed E-state index contributed by atoms with van der Waals surface area (Å²) >= 11 is 9.94. The quantitative estimate of drug-likeness (QED) is 0.505. The Bertz CT molecular complexity index is 393. The molecule has 1 heterocycles. The minimum absolute atomic E-state index is 0.108. The number of carbonyl (C=O) groups is 1. The van der Waals surface area contributed by atoms with Crippen LogP contribution in [0.5, 0.6) is 0 Å². The van der Waals surface area contributed by atoms with Gasteiger partial charge in [-0.2, -0.15) is 5.10 Å². The fourth-order valence-electron chi connectivity index (χ4n) is 1.20. The lowest BCUT2D eigenvalue weighted by atomic mass is 10.3. The van der Waals surface area contributed by atoms with Gasteiger partial charge in [0.15, 0.2) is 0 Å². The van der Waals surface area contributed by atoms with E-state index in [1.54, 1.807) is 0 Å². The van der Waals surface area contributed by atoms with E-state index in [4.69, 9.17) is 4.74 Å². The first kappa shape index (κ1) is 15.2. The van der Waals surface area contributed by atoms with Crippen LogP contribution >= 0.6 is 47.8 Å². The molecule has 0 radical (unpaired) electrons. The van der Waals surface area contributed by atoms with Crippen LogP contribution in [0.3, 0.4) is 0 Å². The first-order valence-electron chi connectivity index (χ1n) is 5.29. The summed E-state index contributed by atoms with van der Waals surface area (Å²) in [7, 11) is 0. The maximum atomic E-state index is 11.5. The lowest BCUT2D eigenvalue weighted by Crippen LogP contribution is -2.15. The van der Waals surface area contributed by atoms with E-state index in [0.717, 1.165) is 28.3 Å². The number of halogens is 3. The van der Waals surface area contributed by atoms with Crippen molar-refractivity contribution in [3.05, 3.63) is 13.7 Å². The van der Waals surface area contributed by atoms with E-state index in [1.807, 2.05) is 0 Å². The van der Waals surface area contributed by atoms with Crippen molar-refractivity contribution in [3.8, 4) is 0 Å². The molecule has 0 amide bonds. The second kappa shape index (κ2) is 7.53. The van der Waals surface area contributed by atoms with E-state index in [-0.39, 0.29) is 12.5 Å². The van der Waals surface area contributed by atoms with Gasteiger partial charge in [0, 0.05) is 0 Å². The van der Waals surface area contributed by atoms with Gasteiger partial charge in [0.25, 0.3) is 0 Å². The van der Waals surface area contributed by atoms with Crippen molar-refractivity contribution in [1.82, 2.24) is 9.78 Å². The average molecular weight is 433 g/mol. The number of aromatic nitrogens is 2. The second-order valence-electron chi connectivity index (χ2n) is 3.48. The second-order valence-corrected chi connectivity index (χ2v) is 5.78. The van der Waals surface area contributed by atoms with Gasteiger partial charge in [0.1, 0.15) is 15.8 Å². The zero-order valence-corrected chi connectivity index (χ0v) is 14.1. The lowest BCUT2D eigenvalue weighted by Gasteiger charge is -2.05. The van der Waals surface area contributed by atoms with E-state index in [0.29, 0.717) is 11.2 Å². The number of nitrogens with zero attached hydrogens (tertiary/aromatic N) is 2. The van der Waals surface area contributed by atoms with Gasteiger partial charge < -0.3 is 4.74 Å². The highest BCUT2D eigenvalue weighted by Crippen LogP contribution is 2.30. The predicted molar refractivity (Wildman–Crippen MR) is 75.8 cm³/mol. The highest BCUT2D eigenvalue weighted by atomic mass is 79.9. The third-order valence-electron chi connectivity index (χ3n) is 2.09. The maximum absolute atomic E-state index is 11.5. The Balaban J connectivity index is 2.42. The summed E-state index contributed by atoms with van der Waals surface area (Å²) in [6.45, 7) is 2.70. The van der Waals surface area contributed by atoms with Gasteiger partial charge in [0.2, 0.25) is 0 Å². The van der Waals surface area contributed by atoms with E-state index in [1.165, 1.54) is 4.68 Å². The van der Waals surface area contributed by atoms with Crippen molar-refractivity contribution in [2.24, 2.45) is 0 Å². The summed E-state index contributed by atoms with van der Waals surface area (Å²) in [4.78, 5) is 11.5. The van der Waals surface area contributed by atoms with Gasteiger partial charge in [-0.1, -0.05) is 19.8 Å². The zero-order chi connectivity index (χ0) is 12.8. The Kier molecular flexibility index (Phi) is 6.72. The van der Waals surface area contributed by atoms with Crippen molar-refractivity contribution in [2.75, 3.05) is 6.61 Å². The van der Waals surface area contributed by atoms with Crippen molar-refractivity contribution in [1.29, 1.82) is 0 Å². The summed E-state index contributed by atoms with van der Waals surface area (Å²) in [6.07, 6.45) is 3.11. The molecule has 17 heavy (non-hydrogen) atoms. The van der Waals surface area contributed by atoms with Crippen LogP contribution in [0, 0.1) is 0 Å². The number of esters is 1. The number of hydrogen-bond donors (Lipinski definition) is 0. The van der Waals surface area contributed by atoms with Gasteiger partial charge >= 0.3 is 5.97 Å². The van der Waals surface area contributed by atoms with Gasteiger partial charge in [-0.05, 0) is 54.2 Å². The van der Waals surface area contributed by atoms with Gasteiger partial charge in [-0.3, -0.25) is 4.79 Å². The standard InChI is InChI=1S/C10H13Br3N2O2/c1-2-3-4-5-17-7(16)6-15-10(13)8(11)9(12)14-15/h2-6H2,1H3. The zero-order valence-electron chi connectivity index (χ0n) is 9.38. The molecule has 1 rings (SSSR count). The summed E-state index contributed by atoms with van der Waals surface area (Å²) in [5.74, 6) is -0.274. The molecule has 4 nitrogen and oxygen atoms in total. The molecule has 0 spiro atoms. The molecule has 0 unspecified atom stereocenters. The molecule has 0 bridgehead atoms. The molecule has 0 aliphatic rings. The first-order valence-corrected chi connectivity index (χ1v) is 7.67. The van der Waals surface area contributed by atoms with Crippen molar-refractivity contribution in [2.45, 2.75) is 32.7 Å². The van der Waals surface area contributed by atoms with Crippen LogP contribution in [-0.2, 0) is 16.1 Å². The van der Waals surface area contributed by atoms with Crippen molar-refractivity contribution < 1.29 is 9.53 Å². The number of rotatable bonds is 6. The molecule has 0 aliphatic carbocycles. The van der Waals surface area contributed by atoms with Crippen molar-refractivity contribution >= 4 is 53.8 Å². The Morgan fingerprint density at radius 3 is 2.59 bits per heavy atom. The van der Waals surface area contributed by atoms with Crippen LogP contribution in [-0.4, -0.2) is 22.4 Å². The lowest BCUT2D eigenvalue weighted by molar-refractivity contribution is -0.144. The molecule has 0 fully saturated rings. The van der Waals surface area contributed by atoms with Crippen LogP contribution in [0.25, 0.3) is 0 Å². The molecule has 0 atom stereocenters. The van der Waals surface area contributed by atoms with E-state index in [9.17, 15) is 4.79 Å². The third-order valence-corrected chi connectivity index (χ3v) is 5.26. The minimum atomic E-state index is -0.274. The largest absolute Gasteiger partial charge is 0.464 e. The Hall–Kier alpha value is 0.120. The number of ether oxygens (including phenoxy) is 1. The molecular formula is C10H13Br3N2O2. The summed E-state index contributed by atoms with van der Waals surface area (Å²) in [5.41, 5.74) is 0. The van der Waals surface area contributed by atoms with Crippen LogP contribution < -0.4 is 0 Å². The summed E-state index contributed by atoms with van der Waals surface area (Å²) in [6, 6.07) is 0. The molecule has 96 valence electrons. The van der Waals surface area contributed by atoms with Crippen LogP contribution in [0.4, 0.5) is 0 Å². The van der Waals surface area contributed by atoms with E-state index >= 15 is 0 Å². The van der Waals surface area contributed by atoms with Crippen LogP contribution in [0.15, 0.2) is 13.7 Å². The predicted octanol–water partition coefficient (Wildman–Crippen LogP) is 3.90. The molecule has 1 aromatic rings. The summed E-state index contributed by atoms with van der Waals surface area (Å²) in [5, 5.41) is 4.13. The topological polar surface area (TPSA) is 44.1 Å². The Labute approximate surface area is 125 Å². The van der Waals surface area contributed by atoms with E-state index in [2.05, 4.69) is 59.8 Å². The molecular weight excluding hydrogens is 420 g/mol. The molecule has 0 aromatic carbocycles. The van der Waals surface area contributed by atoms with Crippen LogP contribution in [0.2, 0.25) is 0 Å². The normalized spacial score (nSPS) is 10.6. The molecule has 0 aliphatic heterocycles. The molecule has 0 saturated heterocycles. The fraction of sp³-hybridized carbons (Fsp3) is 0.600. The highest BCUT2D eigenvalue weighted by Gasteiger charge is 2.14. The van der Waals surface area contributed by atoms with Gasteiger partial charge in [-0.15, -0.1) is 0 Å². The molecule has 0 saturated carbocycles. The molecule has 0 N–H and O–H groups in total. The van der Waals surface area contributed by atoms with Crippen LogP contribution in [0.1, 0.15) is 26.2 Å². The van der Waals surface area contributed by atoms with Gasteiger partial charge in [-0.25, -0.2) is 4.68 Å². The molecule has 1 aromatic heterocycles. The first-order chi connectivity index (χ1) is 8.06. The SMILES string of the molecule is CCCCCOC(=O)Cn1nc(Br)c(Br)c1Br. The summed E-state index contributed by atoms with van der Waals surface area (Å²) < 4.78 is 8.80. The smallest absolute Gasteiger partial charge is 0.327 e. The number of unbranched alkanes of at least 4 members (excludes halogenated alkanes) is 2. The Morgan fingerprint density at radius 1 is 1.35 bits per heavy atom. The van der Waals surface area contributed by atoms with Gasteiger partial charge in [0.05, 0.1) is 11.1 Å². The van der Waals surface area contributed by atoms with Crippen molar-refractivity contribution in [3.63, 3.8) is 0 Å². The number of hydrogen-bond acceptors (Lipinski definition) is 3.